The Kier molecular flexibility index (Phi) is 4.12. The number of nitriles is 1. The normalized spacial score (nSPS) is 10.5. The van der Waals surface area contributed by atoms with Crippen LogP contribution in [0.5, 0.6) is 11.5 Å². The van der Waals surface area contributed by atoms with Crippen LogP contribution in [0.15, 0.2) is 23.8 Å². The van der Waals surface area contributed by atoms with E-state index in [2.05, 4.69) is 4.74 Å². The monoisotopic (exact) mass is 233 g/mol. The number of ether oxygens (including phenoxy) is 2. The third kappa shape index (κ3) is 2.98. The zero-order valence-electron chi connectivity index (χ0n) is 9.43. The molecule has 0 spiro atoms. The molecule has 0 aliphatic rings. The van der Waals surface area contributed by atoms with Crippen molar-refractivity contribution >= 4 is 12.0 Å². The molecule has 0 amide bonds. The van der Waals surface area contributed by atoms with Gasteiger partial charge in [-0.3, -0.25) is 0 Å². The van der Waals surface area contributed by atoms with Gasteiger partial charge in [0.15, 0.2) is 11.5 Å². The van der Waals surface area contributed by atoms with E-state index in [0.717, 1.165) is 0 Å². The molecule has 17 heavy (non-hydrogen) atoms. The van der Waals surface area contributed by atoms with Crippen molar-refractivity contribution in [2.45, 2.75) is 0 Å². The molecule has 0 heterocycles. The predicted molar refractivity (Wildman–Crippen MR) is 60.3 cm³/mol. The summed E-state index contributed by atoms with van der Waals surface area (Å²) in [5.41, 5.74) is 0.363. The first kappa shape index (κ1) is 12.6. The minimum absolute atomic E-state index is 0.0663. The molecule has 0 fully saturated rings. The number of carbonyl (C=O) groups excluding carboxylic acids is 1. The maximum atomic E-state index is 11.2. The minimum atomic E-state index is -0.720. The van der Waals surface area contributed by atoms with Gasteiger partial charge >= 0.3 is 5.97 Å². The van der Waals surface area contributed by atoms with Gasteiger partial charge in [-0.05, 0) is 23.8 Å². The van der Waals surface area contributed by atoms with E-state index in [1.807, 2.05) is 0 Å². The lowest BCUT2D eigenvalue weighted by Gasteiger charge is -2.03. The lowest BCUT2D eigenvalue weighted by Crippen LogP contribution is -2.02. The maximum Gasteiger partial charge on any atom is 0.348 e. The summed E-state index contributed by atoms with van der Waals surface area (Å²) in [4.78, 5) is 11.2. The second kappa shape index (κ2) is 5.56. The van der Waals surface area contributed by atoms with Crippen molar-refractivity contribution < 1.29 is 19.4 Å². The number of phenolic OH excluding ortho intramolecular Hbond substituents is 1. The molecule has 0 bridgehead atoms. The number of hydrogen-bond donors (Lipinski definition) is 1. The summed E-state index contributed by atoms with van der Waals surface area (Å²) in [6.45, 7) is 0. The highest BCUT2D eigenvalue weighted by atomic mass is 16.5. The molecule has 0 aliphatic carbocycles. The van der Waals surface area contributed by atoms with E-state index in [1.165, 1.54) is 32.4 Å². The fourth-order valence-electron chi connectivity index (χ4n) is 1.21. The average molecular weight is 233 g/mol. The molecule has 0 saturated carbocycles. The number of hydrogen-bond acceptors (Lipinski definition) is 5. The second-order valence-electron chi connectivity index (χ2n) is 3.09. The lowest BCUT2D eigenvalue weighted by molar-refractivity contribution is -0.135. The Hall–Kier alpha value is -2.48. The first-order valence-corrected chi connectivity index (χ1v) is 4.69. The molecule has 88 valence electrons. The summed E-state index contributed by atoms with van der Waals surface area (Å²) in [7, 11) is 2.62. The van der Waals surface area contributed by atoms with Crippen LogP contribution in [0.2, 0.25) is 0 Å². The van der Waals surface area contributed by atoms with E-state index in [4.69, 9.17) is 10.00 Å². The van der Waals surface area contributed by atoms with Crippen LogP contribution in [0.1, 0.15) is 5.56 Å². The van der Waals surface area contributed by atoms with Crippen LogP contribution in [-0.2, 0) is 9.53 Å². The van der Waals surface area contributed by atoms with Gasteiger partial charge in [0.05, 0.1) is 14.2 Å². The molecular weight excluding hydrogens is 222 g/mol. The molecule has 5 nitrogen and oxygen atoms in total. The standard InChI is InChI=1S/C12H11NO4/c1-16-11-4-3-8(6-10(11)14)5-9(7-13)12(15)17-2/h3-6,14H,1-2H3/b9-5-. The molecule has 1 aromatic rings. The fourth-order valence-corrected chi connectivity index (χ4v) is 1.21. The van der Waals surface area contributed by atoms with Crippen LogP contribution in [0.4, 0.5) is 0 Å². The van der Waals surface area contributed by atoms with E-state index in [9.17, 15) is 9.90 Å². The van der Waals surface area contributed by atoms with Crippen molar-refractivity contribution in [3.05, 3.63) is 29.3 Å². The van der Waals surface area contributed by atoms with E-state index >= 15 is 0 Å². The quantitative estimate of drug-likeness (QED) is 0.486. The van der Waals surface area contributed by atoms with Crippen LogP contribution in [0.3, 0.4) is 0 Å². The zero-order valence-corrected chi connectivity index (χ0v) is 9.43. The van der Waals surface area contributed by atoms with Crippen molar-refractivity contribution in [3.63, 3.8) is 0 Å². The minimum Gasteiger partial charge on any atom is -0.504 e. The summed E-state index contributed by atoms with van der Waals surface area (Å²) < 4.78 is 9.31. The summed E-state index contributed by atoms with van der Waals surface area (Å²) >= 11 is 0. The van der Waals surface area contributed by atoms with Gasteiger partial charge in [-0.25, -0.2) is 4.79 Å². The van der Waals surface area contributed by atoms with Crippen molar-refractivity contribution in [2.24, 2.45) is 0 Å². The lowest BCUT2D eigenvalue weighted by atomic mass is 10.1. The fraction of sp³-hybridized carbons (Fsp3) is 0.167. The Morgan fingerprint density at radius 3 is 2.65 bits per heavy atom. The number of nitrogens with zero attached hydrogens (tertiary/aromatic N) is 1. The van der Waals surface area contributed by atoms with Crippen molar-refractivity contribution in [1.82, 2.24) is 0 Å². The Morgan fingerprint density at radius 1 is 1.47 bits per heavy atom. The Labute approximate surface area is 98.5 Å². The maximum absolute atomic E-state index is 11.2. The number of rotatable bonds is 3. The second-order valence-corrected chi connectivity index (χ2v) is 3.09. The van der Waals surface area contributed by atoms with Gasteiger partial charge in [0.2, 0.25) is 0 Å². The van der Waals surface area contributed by atoms with Crippen molar-refractivity contribution in [2.75, 3.05) is 14.2 Å². The Bertz CT molecular complexity index is 500. The smallest absolute Gasteiger partial charge is 0.348 e. The number of phenols is 1. The number of esters is 1. The molecule has 0 radical (unpaired) electrons. The van der Waals surface area contributed by atoms with Gasteiger partial charge in [0.25, 0.3) is 0 Å². The molecule has 0 aliphatic heterocycles. The first-order chi connectivity index (χ1) is 8.12. The topological polar surface area (TPSA) is 79.6 Å². The van der Waals surface area contributed by atoms with E-state index in [1.54, 1.807) is 12.1 Å². The van der Waals surface area contributed by atoms with E-state index in [-0.39, 0.29) is 11.3 Å². The summed E-state index contributed by atoms with van der Waals surface area (Å²) in [6, 6.07) is 6.26. The highest BCUT2D eigenvalue weighted by Crippen LogP contribution is 2.27. The average Bonchev–Trinajstić information content (AvgIpc) is 2.35. The predicted octanol–water partition coefficient (Wildman–Crippen LogP) is 1.48. The number of carbonyl (C=O) groups is 1. The van der Waals surface area contributed by atoms with Crippen LogP contribution in [0, 0.1) is 11.3 Å². The van der Waals surface area contributed by atoms with E-state index < -0.39 is 5.97 Å². The number of methoxy groups -OCH3 is 2. The molecule has 1 rings (SSSR count). The SMILES string of the molecule is COC(=O)/C(C#N)=C\c1ccc(OC)c(O)c1. The van der Waals surface area contributed by atoms with Gasteiger partial charge in [-0.1, -0.05) is 6.07 Å². The molecule has 0 unspecified atom stereocenters. The van der Waals surface area contributed by atoms with Crippen molar-refractivity contribution in [3.8, 4) is 17.6 Å². The van der Waals surface area contributed by atoms with Crippen LogP contribution in [0.25, 0.3) is 6.08 Å². The zero-order chi connectivity index (χ0) is 12.8. The number of aromatic hydroxyl groups is 1. The Morgan fingerprint density at radius 2 is 2.18 bits per heavy atom. The molecule has 0 saturated heterocycles. The van der Waals surface area contributed by atoms with E-state index in [0.29, 0.717) is 11.3 Å². The summed E-state index contributed by atoms with van der Waals surface area (Å²) in [6.07, 6.45) is 1.32. The molecule has 0 atom stereocenters. The van der Waals surface area contributed by atoms with Crippen molar-refractivity contribution in [1.29, 1.82) is 5.26 Å². The summed E-state index contributed by atoms with van der Waals surface area (Å²) in [5, 5.41) is 18.3. The van der Waals surface area contributed by atoms with Crippen LogP contribution >= 0.6 is 0 Å². The van der Waals surface area contributed by atoms with Gasteiger partial charge < -0.3 is 14.6 Å². The van der Waals surface area contributed by atoms with Gasteiger partial charge in [-0.15, -0.1) is 0 Å². The first-order valence-electron chi connectivity index (χ1n) is 4.69. The van der Waals surface area contributed by atoms with Gasteiger partial charge in [-0.2, -0.15) is 5.26 Å². The third-order valence-corrected chi connectivity index (χ3v) is 2.04. The van der Waals surface area contributed by atoms with Gasteiger partial charge in [0.1, 0.15) is 11.6 Å². The summed E-state index contributed by atoms with van der Waals surface area (Å²) in [5.74, 6) is -0.468. The van der Waals surface area contributed by atoms with Gasteiger partial charge in [0, 0.05) is 0 Å². The highest BCUT2D eigenvalue weighted by molar-refractivity contribution is 5.97. The molecule has 1 N–H and O–H groups in total. The highest BCUT2D eigenvalue weighted by Gasteiger charge is 2.09. The molecular formula is C12H11NO4. The van der Waals surface area contributed by atoms with Crippen LogP contribution < -0.4 is 4.74 Å². The molecule has 5 heteroatoms. The third-order valence-electron chi connectivity index (χ3n) is 2.04. The van der Waals surface area contributed by atoms with Crippen LogP contribution in [-0.4, -0.2) is 25.3 Å². The number of benzene rings is 1. The molecule has 1 aromatic carbocycles. The largest absolute Gasteiger partial charge is 0.504 e. The Balaban J connectivity index is 3.10. The molecule has 0 aromatic heterocycles.